The van der Waals surface area contributed by atoms with Crippen molar-refractivity contribution < 1.29 is 14.1 Å². The number of likely N-dealkylation sites (tertiary alicyclic amines) is 1. The van der Waals surface area contributed by atoms with Crippen LogP contribution < -0.4 is 0 Å². The lowest BCUT2D eigenvalue weighted by Gasteiger charge is -2.39. The van der Waals surface area contributed by atoms with Crippen molar-refractivity contribution in [2.45, 2.75) is 45.1 Å². The molecule has 8 nitrogen and oxygen atoms in total. The van der Waals surface area contributed by atoms with Crippen molar-refractivity contribution in [3.63, 3.8) is 0 Å². The van der Waals surface area contributed by atoms with Crippen LogP contribution >= 0.6 is 0 Å². The topological polar surface area (TPSA) is 86.3 Å². The average Bonchev–Trinajstić information content (AvgIpc) is 3.22. The predicted molar refractivity (Wildman–Crippen MR) is 90.0 cm³/mol. The Labute approximate surface area is 147 Å². The molecule has 0 unspecified atom stereocenters. The third kappa shape index (κ3) is 3.89. The number of hydrogen-bond acceptors (Lipinski definition) is 6. The number of carbonyl (C=O) groups excluding carboxylic acids is 1. The van der Waals surface area contributed by atoms with Gasteiger partial charge in [-0.05, 0) is 31.7 Å². The Hall–Kier alpha value is -2.22. The standard InChI is InChI=1S/C17H25N5O3/c1-13-10-18-22(11-13)12-15(23)21-7-4-17(5-8-21,6-9-24-3)16-19-14(2)25-20-16/h10-11H,4-9,12H2,1-3H3. The van der Waals surface area contributed by atoms with E-state index >= 15 is 0 Å². The van der Waals surface area contributed by atoms with Gasteiger partial charge in [-0.15, -0.1) is 0 Å². The van der Waals surface area contributed by atoms with Crippen LogP contribution in [0.15, 0.2) is 16.9 Å². The highest BCUT2D eigenvalue weighted by atomic mass is 16.5. The van der Waals surface area contributed by atoms with Crippen LogP contribution in [0, 0.1) is 13.8 Å². The summed E-state index contributed by atoms with van der Waals surface area (Å²) < 4.78 is 12.1. The second-order valence-corrected chi connectivity index (χ2v) is 6.76. The molecule has 1 fully saturated rings. The van der Waals surface area contributed by atoms with Crippen LogP contribution in [-0.4, -0.2) is 57.5 Å². The lowest BCUT2D eigenvalue weighted by molar-refractivity contribution is -0.133. The van der Waals surface area contributed by atoms with E-state index in [-0.39, 0.29) is 17.9 Å². The first kappa shape index (κ1) is 17.6. The molecule has 1 saturated heterocycles. The first-order valence-corrected chi connectivity index (χ1v) is 8.59. The molecule has 0 spiro atoms. The number of methoxy groups -OCH3 is 1. The van der Waals surface area contributed by atoms with Crippen LogP contribution in [0.25, 0.3) is 0 Å². The van der Waals surface area contributed by atoms with Crippen LogP contribution in [0.5, 0.6) is 0 Å². The summed E-state index contributed by atoms with van der Waals surface area (Å²) in [4.78, 5) is 18.9. The normalized spacial score (nSPS) is 17.0. The van der Waals surface area contributed by atoms with Crippen molar-refractivity contribution >= 4 is 5.91 Å². The number of rotatable bonds is 6. The zero-order valence-corrected chi connectivity index (χ0v) is 15.1. The molecule has 3 rings (SSSR count). The second kappa shape index (κ2) is 7.35. The summed E-state index contributed by atoms with van der Waals surface area (Å²) in [6.07, 6.45) is 6.08. The third-order valence-corrected chi connectivity index (χ3v) is 4.92. The number of nitrogens with zero attached hydrogens (tertiary/aromatic N) is 5. The maximum Gasteiger partial charge on any atom is 0.244 e. The van der Waals surface area contributed by atoms with Crippen molar-refractivity contribution in [1.82, 2.24) is 24.8 Å². The highest BCUT2D eigenvalue weighted by Gasteiger charge is 2.40. The van der Waals surface area contributed by atoms with Crippen LogP contribution in [0.3, 0.4) is 0 Å². The van der Waals surface area contributed by atoms with E-state index in [0.29, 0.717) is 25.6 Å². The zero-order valence-electron chi connectivity index (χ0n) is 15.1. The maximum atomic E-state index is 12.5. The molecule has 0 aromatic carbocycles. The summed E-state index contributed by atoms with van der Waals surface area (Å²) in [7, 11) is 1.69. The predicted octanol–water partition coefficient (Wildman–Crippen LogP) is 1.48. The molecule has 3 heterocycles. The average molecular weight is 347 g/mol. The zero-order chi connectivity index (χ0) is 17.9. The van der Waals surface area contributed by atoms with Gasteiger partial charge in [0.25, 0.3) is 0 Å². The summed E-state index contributed by atoms with van der Waals surface area (Å²) in [5.74, 6) is 1.39. The monoisotopic (exact) mass is 347 g/mol. The summed E-state index contributed by atoms with van der Waals surface area (Å²) in [6, 6.07) is 0. The molecule has 0 N–H and O–H groups in total. The van der Waals surface area contributed by atoms with Gasteiger partial charge in [-0.25, -0.2) is 0 Å². The van der Waals surface area contributed by atoms with Gasteiger partial charge in [-0.3, -0.25) is 9.48 Å². The number of aryl methyl sites for hydroxylation is 2. The maximum absolute atomic E-state index is 12.5. The van der Waals surface area contributed by atoms with E-state index < -0.39 is 0 Å². The van der Waals surface area contributed by atoms with E-state index in [2.05, 4.69) is 15.2 Å². The van der Waals surface area contributed by atoms with E-state index in [1.54, 1.807) is 24.9 Å². The number of carbonyl (C=O) groups is 1. The molecule has 2 aromatic rings. The number of hydrogen-bond donors (Lipinski definition) is 0. The summed E-state index contributed by atoms with van der Waals surface area (Å²) >= 11 is 0. The molecule has 0 radical (unpaired) electrons. The fourth-order valence-corrected chi connectivity index (χ4v) is 3.37. The highest BCUT2D eigenvalue weighted by molar-refractivity contribution is 5.76. The smallest absolute Gasteiger partial charge is 0.244 e. The van der Waals surface area contributed by atoms with E-state index in [1.807, 2.05) is 18.0 Å². The van der Waals surface area contributed by atoms with Gasteiger partial charge < -0.3 is 14.2 Å². The molecule has 136 valence electrons. The first-order valence-electron chi connectivity index (χ1n) is 8.59. The van der Waals surface area contributed by atoms with Gasteiger partial charge in [-0.2, -0.15) is 10.1 Å². The van der Waals surface area contributed by atoms with Crippen molar-refractivity contribution in [2.24, 2.45) is 0 Å². The number of amides is 1. The molecule has 1 aliphatic rings. The van der Waals surface area contributed by atoms with Crippen LogP contribution in [-0.2, 0) is 21.5 Å². The number of aromatic nitrogens is 4. The van der Waals surface area contributed by atoms with Gasteiger partial charge in [0, 0.05) is 45.3 Å². The molecular formula is C17H25N5O3. The lowest BCUT2D eigenvalue weighted by atomic mass is 9.75. The van der Waals surface area contributed by atoms with Crippen LogP contribution in [0.4, 0.5) is 0 Å². The quantitative estimate of drug-likeness (QED) is 0.787. The number of piperidine rings is 1. The fraction of sp³-hybridized carbons (Fsp3) is 0.647. The highest BCUT2D eigenvalue weighted by Crippen LogP contribution is 2.37. The lowest BCUT2D eigenvalue weighted by Crippen LogP contribution is -2.47. The minimum absolute atomic E-state index is 0.0905. The molecule has 25 heavy (non-hydrogen) atoms. The summed E-state index contributed by atoms with van der Waals surface area (Å²) in [5.41, 5.74) is 0.866. The largest absolute Gasteiger partial charge is 0.385 e. The Morgan fingerprint density at radius 2 is 2.12 bits per heavy atom. The van der Waals surface area contributed by atoms with E-state index in [4.69, 9.17) is 9.26 Å². The minimum Gasteiger partial charge on any atom is -0.385 e. The van der Waals surface area contributed by atoms with E-state index in [9.17, 15) is 4.79 Å². The van der Waals surface area contributed by atoms with Gasteiger partial charge in [0.05, 0.1) is 6.20 Å². The van der Waals surface area contributed by atoms with Crippen molar-refractivity contribution in [1.29, 1.82) is 0 Å². The van der Waals surface area contributed by atoms with Crippen molar-refractivity contribution in [3.8, 4) is 0 Å². The van der Waals surface area contributed by atoms with Crippen molar-refractivity contribution in [2.75, 3.05) is 26.8 Å². The minimum atomic E-state index is -0.188. The molecule has 1 aliphatic heterocycles. The number of ether oxygens (including phenoxy) is 1. The van der Waals surface area contributed by atoms with Gasteiger partial charge in [0.2, 0.25) is 11.8 Å². The van der Waals surface area contributed by atoms with Gasteiger partial charge in [-0.1, -0.05) is 5.16 Å². The van der Waals surface area contributed by atoms with Gasteiger partial charge >= 0.3 is 0 Å². The van der Waals surface area contributed by atoms with Crippen LogP contribution in [0.1, 0.15) is 36.5 Å². The van der Waals surface area contributed by atoms with Crippen molar-refractivity contribution in [3.05, 3.63) is 29.7 Å². The third-order valence-electron chi connectivity index (χ3n) is 4.92. The Morgan fingerprint density at radius 3 is 2.68 bits per heavy atom. The van der Waals surface area contributed by atoms with Gasteiger partial charge in [0.1, 0.15) is 6.54 Å². The van der Waals surface area contributed by atoms with E-state index in [0.717, 1.165) is 30.7 Å². The Kier molecular flexibility index (Phi) is 5.17. The fourth-order valence-electron chi connectivity index (χ4n) is 3.37. The SMILES string of the molecule is COCCC1(c2noc(C)n2)CCN(C(=O)Cn2cc(C)cn2)CC1. The molecule has 8 heteroatoms. The molecule has 1 amide bonds. The summed E-state index contributed by atoms with van der Waals surface area (Å²) in [5, 5.41) is 8.34. The Morgan fingerprint density at radius 1 is 1.36 bits per heavy atom. The molecular weight excluding hydrogens is 322 g/mol. The molecule has 0 saturated carbocycles. The van der Waals surface area contributed by atoms with E-state index in [1.165, 1.54) is 0 Å². The Bertz CT molecular complexity index is 715. The molecule has 2 aromatic heterocycles. The Balaban J connectivity index is 1.65. The second-order valence-electron chi connectivity index (χ2n) is 6.76. The summed E-state index contributed by atoms with van der Waals surface area (Å²) in [6.45, 7) is 6.03. The molecule has 0 aliphatic carbocycles. The van der Waals surface area contributed by atoms with Gasteiger partial charge in [0.15, 0.2) is 5.82 Å². The first-order chi connectivity index (χ1) is 12.0. The molecule has 0 bridgehead atoms. The molecule has 0 atom stereocenters. The van der Waals surface area contributed by atoms with Crippen LogP contribution in [0.2, 0.25) is 0 Å².